The molecular formula is C11H16FN3O4. The van der Waals surface area contributed by atoms with Crippen LogP contribution in [0.3, 0.4) is 0 Å². The molecule has 1 unspecified atom stereocenters. The van der Waals surface area contributed by atoms with E-state index in [-0.39, 0.29) is 0 Å². The molecule has 1 aromatic heterocycles. The maximum Gasteiger partial charge on any atom is 0.351 e. The van der Waals surface area contributed by atoms with Gasteiger partial charge in [-0.25, -0.2) is 9.18 Å². The van der Waals surface area contributed by atoms with E-state index in [1.807, 2.05) is 0 Å². The molecule has 0 radical (unpaired) electrons. The van der Waals surface area contributed by atoms with Gasteiger partial charge in [0.1, 0.15) is 18.0 Å². The summed E-state index contributed by atoms with van der Waals surface area (Å²) in [6.45, 7) is -0.518. The molecule has 8 heteroatoms. The molecule has 0 aromatic carbocycles. The number of rotatable bonds is 3. The zero-order chi connectivity index (χ0) is 14.2. The fraction of sp³-hybridized carbons (Fsp3) is 0.636. The van der Waals surface area contributed by atoms with E-state index in [1.165, 1.54) is 12.3 Å². The summed E-state index contributed by atoms with van der Waals surface area (Å²) in [7, 11) is 3.45. The highest BCUT2D eigenvalue weighted by Crippen LogP contribution is 2.30. The minimum atomic E-state index is -1.79. The van der Waals surface area contributed by atoms with Crippen molar-refractivity contribution in [1.82, 2.24) is 9.55 Å². The Morgan fingerprint density at radius 1 is 1.58 bits per heavy atom. The van der Waals surface area contributed by atoms with Crippen LogP contribution in [0.25, 0.3) is 0 Å². The van der Waals surface area contributed by atoms with E-state index in [0.717, 1.165) is 4.57 Å². The maximum absolute atomic E-state index is 13.9. The molecule has 0 amide bonds. The van der Waals surface area contributed by atoms with Gasteiger partial charge in [-0.3, -0.25) is 4.57 Å². The fourth-order valence-electron chi connectivity index (χ4n) is 1.92. The third kappa shape index (κ3) is 2.46. The Morgan fingerprint density at radius 2 is 2.26 bits per heavy atom. The first-order valence-corrected chi connectivity index (χ1v) is 5.80. The number of aliphatic hydroxyl groups excluding tert-OH is 2. The van der Waals surface area contributed by atoms with Gasteiger partial charge in [-0.2, -0.15) is 4.98 Å². The molecule has 4 atom stereocenters. The summed E-state index contributed by atoms with van der Waals surface area (Å²) in [4.78, 5) is 17.2. The standard InChI is InChI=1S/C11H16FN3O4/c1-14(2)7-3-4-15(11(18)13-7)10-8(12)9(17)6(5-16)19-10/h3-4,6,8-10,16-17H,5H2,1-2H3/t6-,8?,9+,10-/m1/s1. The molecule has 7 nitrogen and oxygen atoms in total. The highest BCUT2D eigenvalue weighted by atomic mass is 19.1. The van der Waals surface area contributed by atoms with Gasteiger partial charge in [0.05, 0.1) is 6.61 Å². The van der Waals surface area contributed by atoms with Crippen LogP contribution in [-0.2, 0) is 4.74 Å². The Bertz CT molecular complexity index is 507. The number of ether oxygens (including phenoxy) is 1. The average Bonchev–Trinajstić information content (AvgIpc) is 2.66. The van der Waals surface area contributed by atoms with Crippen LogP contribution in [0.15, 0.2) is 17.1 Å². The predicted octanol–water partition coefficient (Wildman–Crippen LogP) is -1.10. The second kappa shape index (κ2) is 5.24. The summed E-state index contributed by atoms with van der Waals surface area (Å²) in [6, 6.07) is 1.54. The van der Waals surface area contributed by atoms with Gasteiger partial charge in [-0.15, -0.1) is 0 Å². The number of hydrogen-bond donors (Lipinski definition) is 2. The van der Waals surface area contributed by atoms with E-state index in [1.54, 1.807) is 19.0 Å². The molecule has 19 heavy (non-hydrogen) atoms. The van der Waals surface area contributed by atoms with Crippen LogP contribution in [-0.4, -0.2) is 58.8 Å². The van der Waals surface area contributed by atoms with E-state index in [2.05, 4.69) is 4.98 Å². The molecule has 1 saturated heterocycles. The second-order valence-electron chi connectivity index (χ2n) is 4.55. The number of aromatic nitrogens is 2. The Balaban J connectivity index is 2.31. The first kappa shape index (κ1) is 13.9. The molecule has 1 aromatic rings. The molecule has 2 heterocycles. The molecular weight excluding hydrogens is 257 g/mol. The smallest absolute Gasteiger partial charge is 0.351 e. The topological polar surface area (TPSA) is 87.8 Å². The number of aliphatic hydroxyl groups is 2. The van der Waals surface area contributed by atoms with Gasteiger partial charge in [0.2, 0.25) is 0 Å². The lowest BCUT2D eigenvalue weighted by Gasteiger charge is -2.17. The van der Waals surface area contributed by atoms with Crippen LogP contribution in [0, 0.1) is 0 Å². The van der Waals surface area contributed by atoms with Crippen molar-refractivity contribution >= 4 is 5.82 Å². The van der Waals surface area contributed by atoms with Crippen LogP contribution in [0.2, 0.25) is 0 Å². The minimum Gasteiger partial charge on any atom is -0.394 e. The summed E-state index contributed by atoms with van der Waals surface area (Å²) >= 11 is 0. The Hall–Kier alpha value is -1.51. The number of hydrogen-bond acceptors (Lipinski definition) is 6. The van der Waals surface area contributed by atoms with Gasteiger partial charge in [0, 0.05) is 20.3 Å². The van der Waals surface area contributed by atoms with E-state index >= 15 is 0 Å². The maximum atomic E-state index is 13.9. The van der Waals surface area contributed by atoms with Crippen LogP contribution in [0.5, 0.6) is 0 Å². The zero-order valence-electron chi connectivity index (χ0n) is 10.6. The van der Waals surface area contributed by atoms with Gasteiger partial charge >= 0.3 is 5.69 Å². The van der Waals surface area contributed by atoms with E-state index in [9.17, 15) is 14.3 Å². The minimum absolute atomic E-state index is 0.439. The van der Waals surface area contributed by atoms with Crippen molar-refractivity contribution in [2.24, 2.45) is 0 Å². The number of halogens is 1. The van der Waals surface area contributed by atoms with Gasteiger partial charge in [0.15, 0.2) is 12.4 Å². The SMILES string of the molecule is CN(C)c1ccn([C@@H]2O[C@H](CO)[C@H](O)C2F)c(=O)n1. The van der Waals surface area contributed by atoms with Crippen molar-refractivity contribution in [3.63, 3.8) is 0 Å². The van der Waals surface area contributed by atoms with Crippen molar-refractivity contribution in [2.45, 2.75) is 24.6 Å². The first-order valence-electron chi connectivity index (χ1n) is 5.80. The third-order valence-corrected chi connectivity index (χ3v) is 3.02. The van der Waals surface area contributed by atoms with Gasteiger partial charge in [0.25, 0.3) is 0 Å². The second-order valence-corrected chi connectivity index (χ2v) is 4.55. The fourth-order valence-corrected chi connectivity index (χ4v) is 1.92. The molecule has 0 spiro atoms. The lowest BCUT2D eigenvalue weighted by molar-refractivity contribution is -0.0491. The predicted molar refractivity (Wildman–Crippen MR) is 64.7 cm³/mol. The Labute approximate surface area is 108 Å². The molecule has 1 fully saturated rings. The normalized spacial score (nSPS) is 30.6. The molecule has 1 aliphatic heterocycles. The van der Waals surface area contributed by atoms with Crippen molar-refractivity contribution in [3.8, 4) is 0 Å². The number of alkyl halides is 1. The number of anilines is 1. The van der Waals surface area contributed by atoms with Crippen molar-refractivity contribution in [2.75, 3.05) is 25.6 Å². The quantitative estimate of drug-likeness (QED) is 0.726. The molecule has 0 saturated carbocycles. The van der Waals surface area contributed by atoms with Gasteiger partial charge in [-0.1, -0.05) is 0 Å². The van der Waals surface area contributed by atoms with Crippen LogP contribution >= 0.6 is 0 Å². The van der Waals surface area contributed by atoms with Crippen molar-refractivity contribution in [1.29, 1.82) is 0 Å². The van der Waals surface area contributed by atoms with E-state index < -0.39 is 36.9 Å². The third-order valence-electron chi connectivity index (χ3n) is 3.02. The van der Waals surface area contributed by atoms with Gasteiger partial charge < -0.3 is 19.8 Å². The lowest BCUT2D eigenvalue weighted by atomic mass is 10.1. The molecule has 2 rings (SSSR count). The monoisotopic (exact) mass is 273 g/mol. The van der Waals surface area contributed by atoms with E-state index in [0.29, 0.717) is 5.82 Å². The van der Waals surface area contributed by atoms with E-state index in [4.69, 9.17) is 9.84 Å². The van der Waals surface area contributed by atoms with Crippen molar-refractivity contribution < 1.29 is 19.3 Å². The summed E-state index contributed by atoms with van der Waals surface area (Å²) in [5.41, 5.74) is -0.676. The highest BCUT2D eigenvalue weighted by Gasteiger charge is 2.45. The van der Waals surface area contributed by atoms with Crippen LogP contribution in [0.1, 0.15) is 6.23 Å². The Morgan fingerprint density at radius 3 is 2.74 bits per heavy atom. The van der Waals surface area contributed by atoms with Crippen molar-refractivity contribution in [3.05, 3.63) is 22.7 Å². The summed E-state index contributed by atoms with van der Waals surface area (Å²) < 4.78 is 20.0. The Kier molecular flexibility index (Phi) is 3.83. The molecule has 1 aliphatic rings. The lowest BCUT2D eigenvalue weighted by Crippen LogP contribution is -2.34. The average molecular weight is 273 g/mol. The molecule has 2 N–H and O–H groups in total. The van der Waals surface area contributed by atoms with Crippen LogP contribution < -0.4 is 10.6 Å². The zero-order valence-corrected chi connectivity index (χ0v) is 10.6. The molecule has 106 valence electrons. The summed E-state index contributed by atoms with van der Waals surface area (Å²) in [6.07, 6.45) is -4.21. The van der Waals surface area contributed by atoms with Crippen LogP contribution in [0.4, 0.5) is 10.2 Å². The summed E-state index contributed by atoms with van der Waals surface area (Å²) in [5, 5.41) is 18.5. The molecule has 0 bridgehead atoms. The summed E-state index contributed by atoms with van der Waals surface area (Å²) in [5.74, 6) is 0.439. The highest BCUT2D eigenvalue weighted by molar-refractivity contribution is 5.33. The number of nitrogens with zero attached hydrogens (tertiary/aromatic N) is 3. The molecule has 0 aliphatic carbocycles. The van der Waals surface area contributed by atoms with Gasteiger partial charge in [-0.05, 0) is 6.07 Å². The largest absolute Gasteiger partial charge is 0.394 e. The first-order chi connectivity index (χ1) is 8.95.